The maximum absolute atomic E-state index is 13.1. The standard InChI is InChI=1S/C22H26N2O5S/c1-16-13-19(30(26,27)24-11-10-17-5-2-3-7-20(17)24)8-9-21(16)29-15-22(25)23-14-18-6-4-12-28-18/h2-3,5,7-9,13,18H,4,6,10-12,14-15H2,1H3,(H,23,25). The molecule has 0 radical (unpaired) electrons. The van der Waals surface area contributed by atoms with Gasteiger partial charge in [-0.3, -0.25) is 9.10 Å². The van der Waals surface area contributed by atoms with Gasteiger partial charge < -0.3 is 14.8 Å². The molecule has 30 heavy (non-hydrogen) atoms. The highest BCUT2D eigenvalue weighted by atomic mass is 32.2. The van der Waals surface area contributed by atoms with Crippen molar-refractivity contribution in [2.75, 3.05) is 30.6 Å². The number of nitrogens with zero attached hydrogens (tertiary/aromatic N) is 1. The summed E-state index contributed by atoms with van der Waals surface area (Å²) >= 11 is 0. The lowest BCUT2D eigenvalue weighted by Crippen LogP contribution is -2.35. The van der Waals surface area contributed by atoms with Gasteiger partial charge in [0.1, 0.15) is 5.75 Å². The van der Waals surface area contributed by atoms with E-state index in [0.29, 0.717) is 30.8 Å². The molecule has 1 atom stereocenters. The second-order valence-corrected chi connectivity index (χ2v) is 9.47. The van der Waals surface area contributed by atoms with Crippen molar-refractivity contribution in [2.45, 2.75) is 37.2 Å². The number of aryl methyl sites for hydroxylation is 1. The van der Waals surface area contributed by atoms with E-state index in [-0.39, 0.29) is 23.5 Å². The molecule has 8 heteroatoms. The average Bonchev–Trinajstić information content (AvgIpc) is 3.41. The second kappa shape index (κ2) is 8.65. The van der Waals surface area contributed by atoms with Crippen molar-refractivity contribution in [3.05, 3.63) is 53.6 Å². The number of amides is 1. The van der Waals surface area contributed by atoms with Crippen molar-refractivity contribution in [3.63, 3.8) is 0 Å². The third-order valence-corrected chi connectivity index (χ3v) is 7.30. The van der Waals surface area contributed by atoms with E-state index in [2.05, 4.69) is 5.32 Å². The van der Waals surface area contributed by atoms with E-state index < -0.39 is 10.0 Å². The molecule has 7 nitrogen and oxygen atoms in total. The van der Waals surface area contributed by atoms with Crippen LogP contribution in [-0.4, -0.2) is 46.7 Å². The Labute approximate surface area is 177 Å². The van der Waals surface area contributed by atoms with Crippen LogP contribution in [0, 0.1) is 6.92 Å². The zero-order valence-corrected chi connectivity index (χ0v) is 17.8. The van der Waals surface area contributed by atoms with Crippen LogP contribution >= 0.6 is 0 Å². The SMILES string of the molecule is Cc1cc(S(=O)(=O)N2CCc3ccccc32)ccc1OCC(=O)NCC1CCCO1. The van der Waals surface area contributed by atoms with Gasteiger partial charge in [0.05, 0.1) is 16.7 Å². The van der Waals surface area contributed by atoms with Gasteiger partial charge in [0.15, 0.2) is 6.61 Å². The molecule has 1 N–H and O–H groups in total. The van der Waals surface area contributed by atoms with Gasteiger partial charge in [-0.2, -0.15) is 0 Å². The molecule has 1 unspecified atom stereocenters. The Morgan fingerprint density at radius 2 is 2.10 bits per heavy atom. The molecule has 1 fully saturated rings. The number of sulfonamides is 1. The van der Waals surface area contributed by atoms with Crippen molar-refractivity contribution in [2.24, 2.45) is 0 Å². The smallest absolute Gasteiger partial charge is 0.264 e. The van der Waals surface area contributed by atoms with Gasteiger partial charge in [-0.15, -0.1) is 0 Å². The van der Waals surface area contributed by atoms with Crippen molar-refractivity contribution >= 4 is 21.6 Å². The zero-order chi connectivity index (χ0) is 21.1. The maximum Gasteiger partial charge on any atom is 0.264 e. The largest absolute Gasteiger partial charge is 0.484 e. The molecule has 2 aliphatic heterocycles. The topological polar surface area (TPSA) is 84.9 Å². The van der Waals surface area contributed by atoms with E-state index in [4.69, 9.17) is 9.47 Å². The molecule has 2 aromatic carbocycles. The predicted octanol–water partition coefficient (Wildman–Crippen LogP) is 2.42. The summed E-state index contributed by atoms with van der Waals surface area (Å²) < 4.78 is 38.8. The van der Waals surface area contributed by atoms with Gasteiger partial charge >= 0.3 is 0 Å². The third kappa shape index (κ3) is 4.29. The molecule has 1 saturated heterocycles. The number of carbonyl (C=O) groups excluding carboxylic acids is 1. The lowest BCUT2D eigenvalue weighted by Gasteiger charge is -2.20. The van der Waals surface area contributed by atoms with Crippen molar-refractivity contribution < 1.29 is 22.7 Å². The minimum atomic E-state index is -3.66. The first-order chi connectivity index (χ1) is 14.4. The van der Waals surface area contributed by atoms with Crippen LogP contribution in [0.5, 0.6) is 5.75 Å². The number of nitrogens with one attached hydrogen (secondary N) is 1. The summed E-state index contributed by atoms with van der Waals surface area (Å²) in [7, 11) is -3.66. The van der Waals surface area contributed by atoms with Crippen LogP contribution in [0.4, 0.5) is 5.69 Å². The van der Waals surface area contributed by atoms with E-state index in [1.807, 2.05) is 24.3 Å². The molecular weight excluding hydrogens is 404 g/mol. The van der Waals surface area contributed by atoms with Gasteiger partial charge in [-0.05, 0) is 61.6 Å². The van der Waals surface area contributed by atoms with Crippen LogP contribution < -0.4 is 14.4 Å². The fourth-order valence-corrected chi connectivity index (χ4v) is 5.45. The Bertz CT molecular complexity index is 1030. The van der Waals surface area contributed by atoms with Crippen LogP contribution in [-0.2, 0) is 26.0 Å². The van der Waals surface area contributed by atoms with Crippen LogP contribution in [0.3, 0.4) is 0 Å². The second-order valence-electron chi connectivity index (χ2n) is 7.61. The number of ether oxygens (including phenoxy) is 2. The Morgan fingerprint density at radius 1 is 1.27 bits per heavy atom. The first-order valence-electron chi connectivity index (χ1n) is 10.2. The molecule has 0 spiro atoms. The number of fused-ring (bicyclic) bond motifs is 1. The maximum atomic E-state index is 13.1. The zero-order valence-electron chi connectivity index (χ0n) is 17.0. The molecule has 1 amide bonds. The van der Waals surface area contributed by atoms with Gasteiger partial charge in [0, 0.05) is 19.7 Å². The van der Waals surface area contributed by atoms with E-state index in [9.17, 15) is 13.2 Å². The van der Waals surface area contributed by atoms with E-state index in [0.717, 1.165) is 30.7 Å². The third-order valence-electron chi connectivity index (χ3n) is 5.49. The number of hydrogen-bond acceptors (Lipinski definition) is 5. The molecule has 2 heterocycles. The molecule has 0 saturated carbocycles. The van der Waals surface area contributed by atoms with Gasteiger partial charge in [-0.1, -0.05) is 18.2 Å². The lowest BCUT2D eigenvalue weighted by molar-refractivity contribution is -0.123. The monoisotopic (exact) mass is 430 g/mol. The minimum absolute atomic E-state index is 0.0795. The summed E-state index contributed by atoms with van der Waals surface area (Å²) in [5, 5.41) is 2.80. The summed E-state index contributed by atoms with van der Waals surface area (Å²) in [6.07, 6.45) is 2.76. The highest BCUT2D eigenvalue weighted by Gasteiger charge is 2.30. The van der Waals surface area contributed by atoms with Crippen LogP contribution in [0.15, 0.2) is 47.4 Å². The number of benzene rings is 2. The van der Waals surface area contributed by atoms with Crippen molar-refractivity contribution in [1.29, 1.82) is 0 Å². The van der Waals surface area contributed by atoms with Crippen LogP contribution in [0.2, 0.25) is 0 Å². The Morgan fingerprint density at radius 3 is 2.87 bits per heavy atom. The predicted molar refractivity (Wildman–Crippen MR) is 113 cm³/mol. The molecule has 2 aromatic rings. The summed E-state index contributed by atoms with van der Waals surface area (Å²) in [6, 6.07) is 12.3. The van der Waals surface area contributed by atoms with Crippen molar-refractivity contribution in [1.82, 2.24) is 5.32 Å². The summed E-state index contributed by atoms with van der Waals surface area (Å²) in [5.41, 5.74) is 2.43. The van der Waals surface area contributed by atoms with Gasteiger partial charge in [-0.25, -0.2) is 8.42 Å². The van der Waals surface area contributed by atoms with E-state index in [1.165, 1.54) is 10.4 Å². The fraction of sp³-hybridized carbons (Fsp3) is 0.409. The number of hydrogen-bond donors (Lipinski definition) is 1. The number of carbonyl (C=O) groups is 1. The quantitative estimate of drug-likeness (QED) is 0.729. The average molecular weight is 431 g/mol. The minimum Gasteiger partial charge on any atom is -0.484 e. The van der Waals surface area contributed by atoms with Gasteiger partial charge in [0.2, 0.25) is 0 Å². The number of para-hydroxylation sites is 1. The fourth-order valence-electron chi connectivity index (χ4n) is 3.86. The Balaban J connectivity index is 1.40. The molecule has 4 rings (SSSR count). The first-order valence-corrected chi connectivity index (χ1v) is 11.6. The lowest BCUT2D eigenvalue weighted by atomic mass is 10.2. The van der Waals surface area contributed by atoms with Gasteiger partial charge in [0.25, 0.3) is 15.9 Å². The molecule has 0 aromatic heterocycles. The van der Waals surface area contributed by atoms with Crippen LogP contribution in [0.25, 0.3) is 0 Å². The number of rotatable bonds is 7. The first kappa shape index (κ1) is 20.7. The summed E-state index contributed by atoms with van der Waals surface area (Å²) in [5.74, 6) is 0.262. The Hall–Kier alpha value is -2.58. The molecular formula is C22H26N2O5S. The molecule has 160 valence electrons. The highest BCUT2D eigenvalue weighted by molar-refractivity contribution is 7.92. The number of anilines is 1. The summed E-state index contributed by atoms with van der Waals surface area (Å²) in [4.78, 5) is 12.2. The Kier molecular flexibility index (Phi) is 5.97. The summed E-state index contributed by atoms with van der Waals surface area (Å²) in [6.45, 7) is 3.31. The van der Waals surface area contributed by atoms with E-state index >= 15 is 0 Å². The molecule has 0 aliphatic carbocycles. The van der Waals surface area contributed by atoms with Crippen LogP contribution in [0.1, 0.15) is 24.0 Å². The normalized spacial score (nSPS) is 18.3. The molecule has 0 bridgehead atoms. The van der Waals surface area contributed by atoms with Crippen molar-refractivity contribution in [3.8, 4) is 5.75 Å². The van der Waals surface area contributed by atoms with E-state index in [1.54, 1.807) is 19.1 Å². The highest BCUT2D eigenvalue weighted by Crippen LogP contribution is 2.33. The molecule has 2 aliphatic rings.